The van der Waals surface area contributed by atoms with E-state index in [1.54, 1.807) is 0 Å². The van der Waals surface area contributed by atoms with E-state index >= 15 is 0 Å². The quantitative estimate of drug-likeness (QED) is 0.750. The third kappa shape index (κ3) is 3.87. The van der Waals surface area contributed by atoms with Crippen molar-refractivity contribution >= 4 is 25.3 Å². The zero-order valence-electron chi connectivity index (χ0n) is 13.1. The van der Waals surface area contributed by atoms with Crippen molar-refractivity contribution in [3.05, 3.63) is 53.0 Å². The predicted octanol–water partition coefficient (Wildman–Crippen LogP) is 2.73. The van der Waals surface area contributed by atoms with Crippen LogP contribution in [0.2, 0.25) is 0 Å². The fourth-order valence-electron chi connectivity index (χ4n) is 2.65. The van der Waals surface area contributed by atoms with Crippen LogP contribution in [0, 0.1) is 5.92 Å². The van der Waals surface area contributed by atoms with Gasteiger partial charge in [-0.15, -0.1) is 0 Å². The zero-order chi connectivity index (χ0) is 15.4. The van der Waals surface area contributed by atoms with E-state index in [2.05, 4.69) is 58.0 Å². The van der Waals surface area contributed by atoms with Crippen LogP contribution in [-0.4, -0.2) is 37.8 Å². The van der Waals surface area contributed by atoms with Crippen molar-refractivity contribution in [1.82, 2.24) is 4.90 Å². The van der Waals surface area contributed by atoms with Crippen molar-refractivity contribution in [3.8, 4) is 0 Å². The van der Waals surface area contributed by atoms with Crippen LogP contribution in [-0.2, 0) is 4.79 Å². The van der Waals surface area contributed by atoms with E-state index < -0.39 is 0 Å². The third-order valence-corrected chi connectivity index (χ3v) is 5.86. The number of hydrogen-bond donors (Lipinski definition) is 0. The summed E-state index contributed by atoms with van der Waals surface area (Å²) in [4.78, 5) is 14.9. The van der Waals surface area contributed by atoms with Crippen LogP contribution < -0.4 is 4.46 Å². The molecular formula is C18H23NOSe. The van der Waals surface area contributed by atoms with Gasteiger partial charge in [-0.3, -0.25) is 0 Å². The molecule has 112 valence electrons. The molecule has 0 spiro atoms. The number of allylic oxidation sites excluding steroid dienone is 2. The van der Waals surface area contributed by atoms with E-state index in [1.807, 2.05) is 23.1 Å². The molecule has 2 nitrogen and oxygen atoms in total. The van der Waals surface area contributed by atoms with Crippen molar-refractivity contribution < 1.29 is 4.79 Å². The monoisotopic (exact) mass is 349 g/mol. The molecule has 0 saturated heterocycles. The molecule has 0 aliphatic heterocycles. The van der Waals surface area contributed by atoms with Gasteiger partial charge in [0.15, 0.2) is 0 Å². The molecule has 2 rings (SSSR count). The van der Waals surface area contributed by atoms with Crippen molar-refractivity contribution in [1.29, 1.82) is 0 Å². The van der Waals surface area contributed by atoms with Crippen molar-refractivity contribution in [3.63, 3.8) is 0 Å². The van der Waals surface area contributed by atoms with Crippen LogP contribution in [0.25, 0.3) is 0 Å². The number of amides is 1. The Bertz CT molecular complexity index is 538. The Hall–Kier alpha value is -1.31. The fraction of sp³-hybridized carbons (Fsp3) is 0.389. The van der Waals surface area contributed by atoms with Crippen molar-refractivity contribution in [2.24, 2.45) is 5.92 Å². The summed E-state index contributed by atoms with van der Waals surface area (Å²) in [5, 5.41) is 0. The van der Waals surface area contributed by atoms with Crippen LogP contribution in [0.1, 0.15) is 27.7 Å². The average Bonchev–Trinajstić information content (AvgIpc) is 2.87. The Morgan fingerprint density at radius 2 is 1.71 bits per heavy atom. The standard InChI is InChI=1S/C18H23NOSe/c1-13(2)19(14(3)4)18(20)16-11-8-12-17(16)21-15-9-6-5-7-10-15/h5-14,16H,1-4H3. The number of benzene rings is 1. The normalized spacial score (nSPS) is 17.4. The molecule has 1 atom stereocenters. The van der Waals surface area contributed by atoms with Crippen molar-refractivity contribution in [2.75, 3.05) is 0 Å². The first-order chi connectivity index (χ1) is 10.0. The first kappa shape index (κ1) is 16.1. The van der Waals surface area contributed by atoms with Gasteiger partial charge in [-0.2, -0.15) is 0 Å². The van der Waals surface area contributed by atoms with E-state index in [-0.39, 0.29) is 38.9 Å². The summed E-state index contributed by atoms with van der Waals surface area (Å²) in [5.41, 5.74) is 0. The molecule has 0 saturated carbocycles. The molecule has 0 bridgehead atoms. The summed E-state index contributed by atoms with van der Waals surface area (Å²) in [5.74, 6) is 0.160. The molecule has 1 aromatic carbocycles. The minimum absolute atomic E-state index is 0.0741. The summed E-state index contributed by atoms with van der Waals surface area (Å²) in [6.45, 7) is 8.34. The molecule has 21 heavy (non-hydrogen) atoms. The van der Waals surface area contributed by atoms with Crippen LogP contribution in [0.3, 0.4) is 0 Å². The van der Waals surface area contributed by atoms with Crippen molar-refractivity contribution in [2.45, 2.75) is 39.8 Å². The van der Waals surface area contributed by atoms with Gasteiger partial charge in [-0.1, -0.05) is 0 Å². The molecule has 0 aromatic heterocycles. The Balaban J connectivity index is 2.14. The SMILES string of the molecule is CC(C)N(C(=O)C1C=CC=C1[Se]c1ccccc1)C(C)C. The number of nitrogens with zero attached hydrogens (tertiary/aromatic N) is 1. The molecular weight excluding hydrogens is 325 g/mol. The van der Waals surface area contributed by atoms with E-state index in [9.17, 15) is 4.79 Å². The molecule has 0 radical (unpaired) electrons. The van der Waals surface area contributed by atoms with Gasteiger partial charge < -0.3 is 0 Å². The minimum atomic E-state index is -0.0741. The first-order valence-electron chi connectivity index (χ1n) is 7.44. The van der Waals surface area contributed by atoms with Gasteiger partial charge in [-0.05, 0) is 0 Å². The molecule has 1 aliphatic rings. The number of carbonyl (C=O) groups excluding carboxylic acids is 1. The summed E-state index contributed by atoms with van der Waals surface area (Å²) >= 11 is 0.213. The molecule has 0 fully saturated rings. The number of hydrogen-bond acceptors (Lipinski definition) is 1. The van der Waals surface area contributed by atoms with Gasteiger partial charge in [0.05, 0.1) is 0 Å². The summed E-state index contributed by atoms with van der Waals surface area (Å²) in [6.07, 6.45) is 6.19. The first-order valence-corrected chi connectivity index (χ1v) is 9.15. The molecule has 3 heteroatoms. The summed E-state index contributed by atoms with van der Waals surface area (Å²) in [7, 11) is 0. The van der Waals surface area contributed by atoms with E-state index in [4.69, 9.17) is 0 Å². The molecule has 0 N–H and O–H groups in total. The van der Waals surface area contributed by atoms with Crippen LogP contribution >= 0.6 is 0 Å². The Kier molecular flexibility index (Phi) is 5.44. The molecule has 1 amide bonds. The summed E-state index contributed by atoms with van der Waals surface area (Å²) in [6, 6.07) is 10.9. The van der Waals surface area contributed by atoms with Gasteiger partial charge in [0.25, 0.3) is 0 Å². The fourth-order valence-corrected chi connectivity index (χ4v) is 4.79. The molecule has 1 unspecified atom stereocenters. The maximum atomic E-state index is 12.9. The number of carbonyl (C=O) groups is 1. The third-order valence-electron chi connectivity index (χ3n) is 3.48. The zero-order valence-corrected chi connectivity index (χ0v) is 14.8. The van der Waals surface area contributed by atoms with Crippen LogP contribution in [0.5, 0.6) is 0 Å². The van der Waals surface area contributed by atoms with Gasteiger partial charge in [0, 0.05) is 0 Å². The maximum absolute atomic E-state index is 12.9. The van der Waals surface area contributed by atoms with E-state index in [0.29, 0.717) is 0 Å². The van der Waals surface area contributed by atoms with Crippen LogP contribution in [0.4, 0.5) is 0 Å². The Labute approximate surface area is 134 Å². The average molecular weight is 348 g/mol. The van der Waals surface area contributed by atoms with Gasteiger partial charge in [0.2, 0.25) is 0 Å². The second-order valence-electron chi connectivity index (χ2n) is 5.78. The Morgan fingerprint density at radius 3 is 2.29 bits per heavy atom. The van der Waals surface area contributed by atoms with E-state index in [0.717, 1.165) is 0 Å². The van der Waals surface area contributed by atoms with Gasteiger partial charge in [-0.25, -0.2) is 0 Å². The topological polar surface area (TPSA) is 20.3 Å². The predicted molar refractivity (Wildman–Crippen MR) is 89.7 cm³/mol. The van der Waals surface area contributed by atoms with Crippen LogP contribution in [0.15, 0.2) is 53.0 Å². The Morgan fingerprint density at radius 1 is 1.10 bits per heavy atom. The summed E-state index contributed by atoms with van der Waals surface area (Å²) < 4.78 is 2.57. The van der Waals surface area contributed by atoms with E-state index in [1.165, 1.54) is 8.93 Å². The second kappa shape index (κ2) is 7.11. The van der Waals surface area contributed by atoms with Gasteiger partial charge >= 0.3 is 134 Å². The number of rotatable bonds is 5. The molecule has 1 aromatic rings. The molecule has 1 aliphatic carbocycles. The second-order valence-corrected chi connectivity index (χ2v) is 8.19. The molecule has 0 heterocycles. The van der Waals surface area contributed by atoms with Gasteiger partial charge in [0.1, 0.15) is 0 Å².